The van der Waals surface area contributed by atoms with Crippen molar-refractivity contribution in [2.24, 2.45) is 0 Å². The Morgan fingerprint density at radius 3 is 2.91 bits per heavy atom. The van der Waals surface area contributed by atoms with Crippen molar-refractivity contribution in [2.45, 2.75) is 26.2 Å². The van der Waals surface area contributed by atoms with E-state index >= 15 is 0 Å². The molecule has 1 aliphatic rings. The lowest BCUT2D eigenvalue weighted by Crippen LogP contribution is -2.30. The molecular formula is C9H15NO. The zero-order valence-electron chi connectivity index (χ0n) is 7.05. The molecule has 0 spiro atoms. The molecule has 0 aromatic carbocycles. The number of hydrogen-bond acceptors (Lipinski definition) is 1. The number of hydrogen-bond donors (Lipinski definition) is 0. The lowest BCUT2D eigenvalue weighted by atomic mass is 10.2. The summed E-state index contributed by atoms with van der Waals surface area (Å²) in [6.45, 7) is 3.37. The summed E-state index contributed by atoms with van der Waals surface area (Å²) >= 11 is 0. The number of allylic oxidation sites excluding steroid dienone is 1. The first-order valence-electron chi connectivity index (χ1n) is 4.21. The topological polar surface area (TPSA) is 20.3 Å². The van der Waals surface area contributed by atoms with Gasteiger partial charge in [-0.15, -0.1) is 0 Å². The molecule has 1 aliphatic heterocycles. The van der Waals surface area contributed by atoms with Gasteiger partial charge in [0, 0.05) is 20.0 Å². The van der Waals surface area contributed by atoms with Crippen LogP contribution in [-0.2, 0) is 4.79 Å². The number of rotatable bonds is 0. The Labute approximate surface area is 67.9 Å². The van der Waals surface area contributed by atoms with Crippen molar-refractivity contribution >= 4 is 5.91 Å². The minimum Gasteiger partial charge on any atom is -0.339 e. The molecule has 0 unspecified atom stereocenters. The molecule has 0 radical (unpaired) electrons. The fourth-order valence-corrected chi connectivity index (χ4v) is 1.26. The maximum Gasteiger partial charge on any atom is 0.219 e. The van der Waals surface area contributed by atoms with Crippen LogP contribution in [0.1, 0.15) is 26.2 Å². The van der Waals surface area contributed by atoms with Crippen LogP contribution in [0.3, 0.4) is 0 Å². The lowest BCUT2D eigenvalue weighted by Gasteiger charge is -2.20. The number of nitrogens with zero attached hydrogens (tertiary/aromatic N) is 1. The zero-order chi connectivity index (χ0) is 8.10. The highest BCUT2D eigenvalue weighted by molar-refractivity contribution is 5.73. The molecule has 2 nitrogen and oxygen atoms in total. The maximum absolute atomic E-state index is 11.0. The molecule has 0 saturated heterocycles. The van der Waals surface area contributed by atoms with Gasteiger partial charge in [-0.1, -0.05) is 12.2 Å². The summed E-state index contributed by atoms with van der Waals surface area (Å²) in [7, 11) is 0. The van der Waals surface area contributed by atoms with Crippen LogP contribution >= 0.6 is 0 Å². The van der Waals surface area contributed by atoms with Crippen molar-refractivity contribution in [3.8, 4) is 0 Å². The van der Waals surface area contributed by atoms with Crippen LogP contribution in [0.5, 0.6) is 0 Å². The van der Waals surface area contributed by atoms with Gasteiger partial charge in [0.15, 0.2) is 0 Å². The van der Waals surface area contributed by atoms with Crippen molar-refractivity contribution in [3.63, 3.8) is 0 Å². The molecule has 0 aromatic rings. The van der Waals surface area contributed by atoms with Crippen LogP contribution < -0.4 is 0 Å². The average Bonchev–Trinajstić information content (AvgIpc) is 1.84. The maximum atomic E-state index is 11.0. The predicted octanol–water partition coefficient (Wildman–Crippen LogP) is 1.58. The van der Waals surface area contributed by atoms with E-state index in [1.54, 1.807) is 6.92 Å². The summed E-state index contributed by atoms with van der Waals surface area (Å²) in [5.41, 5.74) is 0. The standard InChI is InChI=1S/C9H15NO/c1-9(11)10-7-5-3-2-4-6-8-10/h3,5H,2,4,6-8H2,1H3/b5-3-. The highest BCUT2D eigenvalue weighted by Gasteiger charge is 2.06. The monoisotopic (exact) mass is 153 g/mol. The summed E-state index contributed by atoms with van der Waals surface area (Å²) in [6.07, 6.45) is 7.77. The minimum atomic E-state index is 0.191. The molecule has 0 atom stereocenters. The van der Waals surface area contributed by atoms with E-state index in [-0.39, 0.29) is 5.91 Å². The zero-order valence-corrected chi connectivity index (χ0v) is 7.05. The van der Waals surface area contributed by atoms with Gasteiger partial charge in [-0.05, 0) is 19.3 Å². The molecule has 62 valence electrons. The van der Waals surface area contributed by atoms with E-state index in [0.717, 1.165) is 19.5 Å². The van der Waals surface area contributed by atoms with Gasteiger partial charge in [0.05, 0.1) is 0 Å². The Kier molecular flexibility index (Phi) is 3.14. The van der Waals surface area contributed by atoms with Crippen molar-refractivity contribution in [2.75, 3.05) is 13.1 Å². The van der Waals surface area contributed by atoms with Crippen molar-refractivity contribution < 1.29 is 4.79 Å². The van der Waals surface area contributed by atoms with Crippen LogP contribution in [-0.4, -0.2) is 23.9 Å². The van der Waals surface area contributed by atoms with E-state index in [0.29, 0.717) is 0 Å². The van der Waals surface area contributed by atoms with Crippen molar-refractivity contribution in [1.82, 2.24) is 4.90 Å². The highest BCUT2D eigenvalue weighted by Crippen LogP contribution is 2.04. The quantitative estimate of drug-likeness (QED) is 0.484. The molecule has 0 aliphatic carbocycles. The summed E-state index contributed by atoms with van der Waals surface area (Å²) in [6, 6.07) is 0. The van der Waals surface area contributed by atoms with Gasteiger partial charge >= 0.3 is 0 Å². The van der Waals surface area contributed by atoms with E-state index in [1.165, 1.54) is 12.8 Å². The molecular weight excluding hydrogens is 138 g/mol. The first-order valence-corrected chi connectivity index (χ1v) is 4.21. The van der Waals surface area contributed by atoms with Crippen LogP contribution in [0.4, 0.5) is 0 Å². The number of carbonyl (C=O) groups excluding carboxylic acids is 1. The Hall–Kier alpha value is -0.790. The second-order valence-corrected chi connectivity index (χ2v) is 2.93. The molecule has 0 aromatic heterocycles. The van der Waals surface area contributed by atoms with Crippen LogP contribution in [0, 0.1) is 0 Å². The second-order valence-electron chi connectivity index (χ2n) is 2.93. The molecule has 0 N–H and O–H groups in total. The van der Waals surface area contributed by atoms with Crippen LogP contribution in [0.25, 0.3) is 0 Å². The van der Waals surface area contributed by atoms with Gasteiger partial charge in [-0.2, -0.15) is 0 Å². The third kappa shape index (κ3) is 2.74. The Bertz CT molecular complexity index is 163. The van der Waals surface area contributed by atoms with E-state index in [4.69, 9.17) is 0 Å². The first kappa shape index (κ1) is 8.31. The molecule has 0 bridgehead atoms. The number of amides is 1. The lowest BCUT2D eigenvalue weighted by molar-refractivity contribution is -0.128. The third-order valence-electron chi connectivity index (χ3n) is 1.99. The van der Waals surface area contributed by atoms with Crippen LogP contribution in [0.2, 0.25) is 0 Å². The molecule has 1 rings (SSSR count). The highest BCUT2D eigenvalue weighted by atomic mass is 16.2. The molecule has 0 saturated carbocycles. The molecule has 1 heterocycles. The van der Waals surface area contributed by atoms with E-state index in [9.17, 15) is 4.79 Å². The van der Waals surface area contributed by atoms with Crippen molar-refractivity contribution in [1.29, 1.82) is 0 Å². The van der Waals surface area contributed by atoms with Gasteiger partial charge in [0.1, 0.15) is 0 Å². The van der Waals surface area contributed by atoms with Crippen LogP contribution in [0.15, 0.2) is 12.2 Å². The molecule has 1 amide bonds. The Morgan fingerprint density at radius 2 is 2.18 bits per heavy atom. The normalized spacial score (nSPS) is 22.1. The largest absolute Gasteiger partial charge is 0.339 e. The van der Waals surface area contributed by atoms with Gasteiger partial charge in [-0.25, -0.2) is 0 Å². The Balaban J connectivity index is 2.45. The van der Waals surface area contributed by atoms with E-state index in [2.05, 4.69) is 12.2 Å². The molecule has 2 heteroatoms. The van der Waals surface area contributed by atoms with E-state index < -0.39 is 0 Å². The number of carbonyl (C=O) groups is 1. The van der Waals surface area contributed by atoms with Gasteiger partial charge < -0.3 is 4.90 Å². The molecule has 0 fully saturated rings. The summed E-state index contributed by atoms with van der Waals surface area (Å²) in [5.74, 6) is 0.191. The first-order chi connectivity index (χ1) is 5.30. The predicted molar refractivity (Wildman–Crippen MR) is 45.2 cm³/mol. The second kappa shape index (κ2) is 4.16. The van der Waals surface area contributed by atoms with Crippen molar-refractivity contribution in [3.05, 3.63) is 12.2 Å². The SMILES string of the molecule is CC(=O)N1C/C=C\CCCC1. The summed E-state index contributed by atoms with van der Waals surface area (Å²) in [4.78, 5) is 12.8. The fraction of sp³-hybridized carbons (Fsp3) is 0.667. The Morgan fingerprint density at radius 1 is 1.36 bits per heavy atom. The average molecular weight is 153 g/mol. The van der Waals surface area contributed by atoms with Gasteiger partial charge in [0.25, 0.3) is 0 Å². The van der Waals surface area contributed by atoms with Gasteiger partial charge in [0.2, 0.25) is 5.91 Å². The summed E-state index contributed by atoms with van der Waals surface area (Å²) < 4.78 is 0. The smallest absolute Gasteiger partial charge is 0.219 e. The summed E-state index contributed by atoms with van der Waals surface area (Å²) in [5, 5.41) is 0. The fourth-order valence-electron chi connectivity index (χ4n) is 1.26. The van der Waals surface area contributed by atoms with E-state index in [1.807, 2.05) is 4.90 Å². The molecule has 11 heavy (non-hydrogen) atoms. The minimum absolute atomic E-state index is 0.191. The third-order valence-corrected chi connectivity index (χ3v) is 1.99. The van der Waals surface area contributed by atoms with Gasteiger partial charge in [-0.3, -0.25) is 4.79 Å².